The third-order valence-corrected chi connectivity index (χ3v) is 6.12. The number of aromatic nitrogens is 2. The second-order valence-electron chi connectivity index (χ2n) is 7.40. The van der Waals surface area contributed by atoms with Gasteiger partial charge in [0.15, 0.2) is 5.16 Å². The molecular formula is C19H30N4O2S. The van der Waals surface area contributed by atoms with Crippen molar-refractivity contribution in [1.29, 1.82) is 0 Å². The van der Waals surface area contributed by atoms with Gasteiger partial charge in [-0.3, -0.25) is 4.90 Å². The molecule has 0 unspecified atom stereocenters. The number of thioether (sulfide) groups is 1. The van der Waals surface area contributed by atoms with E-state index in [9.17, 15) is 4.79 Å². The van der Waals surface area contributed by atoms with E-state index in [1.807, 2.05) is 17.3 Å². The van der Waals surface area contributed by atoms with Gasteiger partial charge in [-0.25, -0.2) is 14.8 Å². The minimum atomic E-state index is -0.284. The van der Waals surface area contributed by atoms with Gasteiger partial charge in [0.1, 0.15) is 5.60 Å². The number of hydrogen-bond acceptors (Lipinski definition) is 6. The van der Waals surface area contributed by atoms with Crippen molar-refractivity contribution in [1.82, 2.24) is 19.8 Å². The van der Waals surface area contributed by atoms with E-state index in [0.29, 0.717) is 0 Å². The van der Waals surface area contributed by atoms with Gasteiger partial charge in [0.05, 0.1) is 6.54 Å². The van der Waals surface area contributed by atoms with Gasteiger partial charge >= 0.3 is 6.09 Å². The highest BCUT2D eigenvalue weighted by atomic mass is 32.2. The van der Waals surface area contributed by atoms with Crippen molar-refractivity contribution >= 4 is 17.9 Å². The summed E-state index contributed by atoms with van der Waals surface area (Å²) in [6, 6.07) is 0.265. The fraction of sp³-hybridized carbons (Fsp3) is 0.737. The zero-order valence-electron chi connectivity index (χ0n) is 16.1. The molecule has 0 aliphatic carbocycles. The van der Waals surface area contributed by atoms with Gasteiger partial charge in [0.2, 0.25) is 0 Å². The summed E-state index contributed by atoms with van der Waals surface area (Å²) in [6.07, 6.45) is 7.65. The summed E-state index contributed by atoms with van der Waals surface area (Å²) in [7, 11) is 0. The van der Waals surface area contributed by atoms with Crippen LogP contribution in [-0.2, 0) is 11.3 Å². The van der Waals surface area contributed by atoms with E-state index < -0.39 is 0 Å². The van der Waals surface area contributed by atoms with Crippen molar-refractivity contribution in [2.24, 2.45) is 0 Å². The molecule has 0 N–H and O–H groups in total. The lowest BCUT2D eigenvalue weighted by Gasteiger charge is -2.37. The molecular weight excluding hydrogens is 348 g/mol. The summed E-state index contributed by atoms with van der Waals surface area (Å²) in [6.45, 7) is 9.86. The molecule has 2 aliphatic heterocycles. The topological polar surface area (TPSA) is 58.6 Å². The quantitative estimate of drug-likeness (QED) is 0.534. The van der Waals surface area contributed by atoms with Crippen LogP contribution in [0.4, 0.5) is 4.79 Å². The Hall–Kier alpha value is -1.34. The summed E-state index contributed by atoms with van der Waals surface area (Å²) in [4.78, 5) is 25.4. The molecule has 7 heteroatoms. The maximum atomic E-state index is 12.3. The van der Waals surface area contributed by atoms with E-state index in [2.05, 4.69) is 35.6 Å². The molecule has 0 aromatic carbocycles. The summed E-state index contributed by atoms with van der Waals surface area (Å²) in [5.41, 5.74) is 0.858. The van der Waals surface area contributed by atoms with Gasteiger partial charge in [-0.1, -0.05) is 32.0 Å². The highest BCUT2D eigenvalue weighted by Crippen LogP contribution is 2.35. The van der Waals surface area contributed by atoms with Crippen LogP contribution < -0.4 is 0 Å². The fourth-order valence-corrected chi connectivity index (χ4v) is 4.34. The Balaban J connectivity index is 1.52. The second kappa shape index (κ2) is 8.57. The summed E-state index contributed by atoms with van der Waals surface area (Å²) < 4.78 is 5.84. The lowest BCUT2D eigenvalue weighted by molar-refractivity contribution is -0.00137. The average Bonchev–Trinajstić information content (AvgIpc) is 2.96. The maximum Gasteiger partial charge on any atom is 0.410 e. The molecule has 0 bridgehead atoms. The first-order valence-electron chi connectivity index (χ1n) is 9.71. The molecule has 1 aromatic rings. The number of carbonyl (C=O) groups is 1. The van der Waals surface area contributed by atoms with Gasteiger partial charge in [0, 0.05) is 56.5 Å². The third-order valence-electron chi connectivity index (χ3n) is 5.36. The monoisotopic (exact) mass is 378 g/mol. The van der Waals surface area contributed by atoms with E-state index in [4.69, 9.17) is 4.74 Å². The first-order chi connectivity index (χ1) is 12.5. The average molecular weight is 379 g/mol. The Morgan fingerprint density at radius 2 is 1.96 bits per heavy atom. The standard InChI is InChI=1S/C19H30N4O2S/c1-4-6-15(3)23-14-19(25-18(23)24)7-9-22(10-8-19)13-16-11-20-17(21-12-16)26-5-2/h11-12,15H,4-10,13-14H2,1-3H3/t15-/m1/s1. The van der Waals surface area contributed by atoms with Gasteiger partial charge < -0.3 is 9.64 Å². The van der Waals surface area contributed by atoms with Crippen LogP contribution in [0.2, 0.25) is 0 Å². The Morgan fingerprint density at radius 1 is 1.27 bits per heavy atom. The van der Waals surface area contributed by atoms with E-state index in [1.165, 1.54) is 0 Å². The first-order valence-corrected chi connectivity index (χ1v) is 10.7. The molecule has 0 saturated carbocycles. The minimum Gasteiger partial charge on any atom is -0.441 e. The summed E-state index contributed by atoms with van der Waals surface area (Å²) >= 11 is 1.66. The predicted molar refractivity (Wildman–Crippen MR) is 103 cm³/mol. The number of piperidine rings is 1. The number of nitrogens with zero attached hydrogens (tertiary/aromatic N) is 4. The van der Waals surface area contributed by atoms with Crippen LogP contribution in [0.5, 0.6) is 0 Å². The van der Waals surface area contributed by atoms with Crippen LogP contribution in [-0.4, -0.2) is 62.9 Å². The molecule has 1 atom stereocenters. The lowest BCUT2D eigenvalue weighted by Crippen LogP contribution is -2.47. The fourth-order valence-electron chi connectivity index (χ4n) is 3.83. The van der Waals surface area contributed by atoms with Crippen LogP contribution in [0.1, 0.15) is 52.0 Å². The van der Waals surface area contributed by atoms with Crippen LogP contribution in [0, 0.1) is 0 Å². The first kappa shape index (κ1) is 19.4. The van der Waals surface area contributed by atoms with Crippen LogP contribution in [0.25, 0.3) is 0 Å². The number of ether oxygens (including phenoxy) is 1. The van der Waals surface area contributed by atoms with Crippen LogP contribution in [0.15, 0.2) is 17.6 Å². The summed E-state index contributed by atoms with van der Waals surface area (Å²) in [5.74, 6) is 0.986. The molecule has 2 aliphatic rings. The highest BCUT2D eigenvalue weighted by molar-refractivity contribution is 7.99. The number of likely N-dealkylation sites (tertiary alicyclic amines) is 1. The zero-order chi connectivity index (χ0) is 18.6. The predicted octanol–water partition coefficient (Wildman–Crippen LogP) is 3.56. The molecule has 144 valence electrons. The number of hydrogen-bond donors (Lipinski definition) is 0. The van der Waals surface area contributed by atoms with Crippen LogP contribution >= 0.6 is 11.8 Å². The molecule has 1 amide bonds. The number of amides is 1. The van der Waals surface area contributed by atoms with Gasteiger partial charge in [-0.2, -0.15) is 0 Å². The zero-order valence-corrected chi connectivity index (χ0v) is 16.9. The van der Waals surface area contributed by atoms with Crippen LogP contribution in [0.3, 0.4) is 0 Å². The van der Waals surface area contributed by atoms with Crippen molar-refractivity contribution < 1.29 is 9.53 Å². The van der Waals surface area contributed by atoms with E-state index in [0.717, 1.165) is 68.3 Å². The molecule has 2 saturated heterocycles. The molecule has 3 rings (SSSR count). The van der Waals surface area contributed by atoms with Crippen molar-refractivity contribution in [3.05, 3.63) is 18.0 Å². The highest BCUT2D eigenvalue weighted by Gasteiger charge is 2.47. The molecule has 26 heavy (non-hydrogen) atoms. The van der Waals surface area contributed by atoms with E-state index >= 15 is 0 Å². The van der Waals surface area contributed by atoms with Gasteiger partial charge in [-0.05, 0) is 19.1 Å². The number of rotatable bonds is 7. The van der Waals surface area contributed by atoms with Gasteiger partial charge in [-0.15, -0.1) is 0 Å². The SMILES string of the molecule is CCC[C@@H](C)N1CC2(CCN(Cc3cnc(SCC)nc3)CC2)OC1=O. The number of carbonyl (C=O) groups excluding carboxylic acids is 1. The largest absolute Gasteiger partial charge is 0.441 e. The Bertz CT molecular complexity index is 602. The summed E-state index contributed by atoms with van der Waals surface area (Å²) in [5, 5.41) is 0.841. The van der Waals surface area contributed by atoms with Crippen molar-refractivity contribution in [2.45, 2.75) is 69.8 Å². The Labute approximate surface area is 160 Å². The molecule has 2 fully saturated rings. The molecule has 0 radical (unpaired) electrons. The maximum absolute atomic E-state index is 12.3. The lowest BCUT2D eigenvalue weighted by atomic mass is 9.91. The van der Waals surface area contributed by atoms with Gasteiger partial charge in [0.25, 0.3) is 0 Å². The molecule has 3 heterocycles. The second-order valence-corrected chi connectivity index (χ2v) is 8.63. The minimum absolute atomic E-state index is 0.128. The van der Waals surface area contributed by atoms with Crippen molar-refractivity contribution in [3.8, 4) is 0 Å². The van der Waals surface area contributed by atoms with Crippen molar-refractivity contribution in [2.75, 3.05) is 25.4 Å². The molecule has 1 spiro atoms. The Kier molecular flexibility index (Phi) is 6.40. The van der Waals surface area contributed by atoms with E-state index in [-0.39, 0.29) is 17.7 Å². The molecule has 6 nitrogen and oxygen atoms in total. The van der Waals surface area contributed by atoms with Crippen molar-refractivity contribution in [3.63, 3.8) is 0 Å². The third kappa shape index (κ3) is 4.49. The smallest absolute Gasteiger partial charge is 0.410 e. The van der Waals surface area contributed by atoms with E-state index in [1.54, 1.807) is 11.8 Å². The Morgan fingerprint density at radius 3 is 2.58 bits per heavy atom. The normalized spacial score (nSPS) is 21.2. The molecule has 1 aromatic heterocycles.